The van der Waals surface area contributed by atoms with Crippen molar-refractivity contribution in [2.75, 3.05) is 19.1 Å². The number of hydrogen-bond acceptors (Lipinski definition) is 2. The monoisotopic (exact) mass is 233 g/mol. The third kappa shape index (κ3) is 5.38. The summed E-state index contributed by atoms with van der Waals surface area (Å²) in [5, 5.41) is 2.99. The van der Waals surface area contributed by atoms with Crippen LogP contribution in [0.25, 0.3) is 0 Å². The van der Waals surface area contributed by atoms with Crippen molar-refractivity contribution in [3.05, 3.63) is 0 Å². The summed E-state index contributed by atoms with van der Waals surface area (Å²) in [6, 6.07) is 0.355. The molecule has 15 heavy (non-hydrogen) atoms. The van der Waals surface area contributed by atoms with Gasteiger partial charge in [0.2, 0.25) is 5.91 Å². The molecule has 0 spiro atoms. The fourth-order valence-electron chi connectivity index (χ4n) is 1.89. The Bertz CT molecular complexity index is 191. The molecule has 0 radical (unpaired) electrons. The number of rotatable bonds is 5. The summed E-state index contributed by atoms with van der Waals surface area (Å²) in [6.45, 7) is 2.84. The second-order valence-corrected chi connectivity index (χ2v) is 4.64. The van der Waals surface area contributed by atoms with E-state index in [4.69, 9.17) is 16.3 Å². The van der Waals surface area contributed by atoms with Crippen molar-refractivity contribution in [2.24, 2.45) is 5.92 Å². The zero-order chi connectivity index (χ0) is 11.1. The summed E-state index contributed by atoms with van der Waals surface area (Å²) in [4.78, 5) is 11.4. The van der Waals surface area contributed by atoms with Crippen molar-refractivity contribution in [3.63, 3.8) is 0 Å². The first-order valence-electron chi connectivity index (χ1n) is 5.65. The first-order chi connectivity index (χ1) is 7.22. The molecule has 0 aliphatic heterocycles. The van der Waals surface area contributed by atoms with Gasteiger partial charge in [-0.2, -0.15) is 0 Å². The Hall–Kier alpha value is -0.280. The molecule has 0 saturated heterocycles. The van der Waals surface area contributed by atoms with E-state index in [1.54, 1.807) is 0 Å². The fraction of sp³-hybridized carbons (Fsp3) is 0.909. The Balaban J connectivity index is 2.09. The normalized spacial score (nSPS) is 26.3. The van der Waals surface area contributed by atoms with E-state index in [0.717, 1.165) is 18.8 Å². The number of ether oxygens (including phenoxy) is 1. The van der Waals surface area contributed by atoms with E-state index in [-0.39, 0.29) is 12.5 Å². The van der Waals surface area contributed by atoms with E-state index in [1.807, 2.05) is 0 Å². The maximum atomic E-state index is 11.4. The second-order valence-electron chi connectivity index (χ2n) is 4.27. The van der Waals surface area contributed by atoms with Crippen LogP contribution in [-0.2, 0) is 9.53 Å². The summed E-state index contributed by atoms with van der Waals surface area (Å²) < 4.78 is 5.06. The van der Waals surface area contributed by atoms with Crippen LogP contribution in [0.15, 0.2) is 0 Å². The predicted molar refractivity (Wildman–Crippen MR) is 61.1 cm³/mol. The highest BCUT2D eigenvalue weighted by Crippen LogP contribution is 2.23. The largest absolute Gasteiger partial charge is 0.370 e. The molecule has 1 aliphatic rings. The molecule has 4 heteroatoms. The molecular formula is C11H20ClNO2. The average molecular weight is 234 g/mol. The van der Waals surface area contributed by atoms with Crippen molar-refractivity contribution >= 4 is 17.5 Å². The van der Waals surface area contributed by atoms with Gasteiger partial charge >= 0.3 is 0 Å². The molecule has 3 nitrogen and oxygen atoms in total. The minimum Gasteiger partial charge on any atom is -0.370 e. The highest BCUT2D eigenvalue weighted by atomic mass is 35.5. The van der Waals surface area contributed by atoms with Gasteiger partial charge in [-0.3, -0.25) is 4.79 Å². The van der Waals surface area contributed by atoms with E-state index in [1.165, 1.54) is 12.8 Å². The number of halogens is 1. The molecule has 1 rings (SSSR count). The minimum atomic E-state index is -0.0142. The topological polar surface area (TPSA) is 38.3 Å². The van der Waals surface area contributed by atoms with Crippen LogP contribution in [0, 0.1) is 5.92 Å². The van der Waals surface area contributed by atoms with Crippen molar-refractivity contribution in [1.29, 1.82) is 0 Å². The third-order valence-corrected chi connectivity index (χ3v) is 2.99. The first-order valence-corrected chi connectivity index (χ1v) is 6.19. The van der Waals surface area contributed by atoms with Gasteiger partial charge in [0.25, 0.3) is 0 Å². The van der Waals surface area contributed by atoms with Gasteiger partial charge in [0, 0.05) is 11.9 Å². The maximum Gasteiger partial charge on any atom is 0.246 e. The quantitative estimate of drug-likeness (QED) is 0.582. The van der Waals surface area contributed by atoms with E-state index < -0.39 is 0 Å². The molecule has 0 aromatic rings. The Kier molecular flexibility index (Phi) is 6.03. The van der Waals surface area contributed by atoms with Gasteiger partial charge in [-0.05, 0) is 31.6 Å². The number of alkyl halides is 1. The first kappa shape index (κ1) is 12.8. The summed E-state index contributed by atoms with van der Waals surface area (Å²) in [6.07, 6.45) is 4.63. The smallest absolute Gasteiger partial charge is 0.246 e. The molecule has 1 N–H and O–H groups in total. The average Bonchev–Trinajstić information content (AvgIpc) is 2.22. The zero-order valence-electron chi connectivity index (χ0n) is 9.30. The Labute approximate surface area is 96.5 Å². The van der Waals surface area contributed by atoms with Gasteiger partial charge < -0.3 is 10.1 Å². The predicted octanol–water partition coefficient (Wildman–Crippen LogP) is 1.94. The SMILES string of the molecule is CC1CCC(NC(=O)COCCCl)CC1. The van der Waals surface area contributed by atoms with E-state index in [2.05, 4.69) is 12.2 Å². The van der Waals surface area contributed by atoms with Crippen LogP contribution in [0.2, 0.25) is 0 Å². The summed E-state index contributed by atoms with van der Waals surface area (Å²) in [5.74, 6) is 1.24. The van der Waals surface area contributed by atoms with E-state index in [0.29, 0.717) is 18.5 Å². The molecule has 0 aromatic carbocycles. The van der Waals surface area contributed by atoms with Gasteiger partial charge in [0.15, 0.2) is 0 Å². The molecule has 1 fully saturated rings. The molecule has 0 unspecified atom stereocenters. The Morgan fingerprint density at radius 3 is 2.67 bits per heavy atom. The van der Waals surface area contributed by atoms with Gasteiger partial charge in [-0.15, -0.1) is 11.6 Å². The number of amides is 1. The Morgan fingerprint density at radius 2 is 2.07 bits per heavy atom. The van der Waals surface area contributed by atoms with Gasteiger partial charge in [0.1, 0.15) is 6.61 Å². The summed E-state index contributed by atoms with van der Waals surface area (Å²) in [5.41, 5.74) is 0. The molecule has 88 valence electrons. The molecule has 1 amide bonds. The Morgan fingerprint density at radius 1 is 1.40 bits per heavy atom. The maximum absolute atomic E-state index is 11.4. The molecule has 1 aliphatic carbocycles. The van der Waals surface area contributed by atoms with E-state index >= 15 is 0 Å². The van der Waals surface area contributed by atoms with Crippen LogP contribution in [0.1, 0.15) is 32.6 Å². The van der Waals surface area contributed by atoms with Gasteiger partial charge in [-0.1, -0.05) is 6.92 Å². The van der Waals surface area contributed by atoms with Crippen LogP contribution in [-0.4, -0.2) is 31.0 Å². The summed E-state index contributed by atoms with van der Waals surface area (Å²) >= 11 is 5.44. The second kappa shape index (κ2) is 7.07. The standard InChI is InChI=1S/C11H20ClNO2/c1-9-2-4-10(5-3-9)13-11(14)8-15-7-6-12/h9-10H,2-8H2,1H3,(H,13,14). The number of carbonyl (C=O) groups excluding carboxylic acids is 1. The van der Waals surface area contributed by atoms with Crippen LogP contribution in [0.5, 0.6) is 0 Å². The molecule has 0 bridgehead atoms. The lowest BCUT2D eigenvalue weighted by Gasteiger charge is -2.26. The van der Waals surface area contributed by atoms with Crippen molar-refractivity contribution < 1.29 is 9.53 Å². The number of nitrogens with one attached hydrogen (secondary N) is 1. The van der Waals surface area contributed by atoms with Gasteiger partial charge in [0.05, 0.1) is 6.61 Å². The van der Waals surface area contributed by atoms with Crippen LogP contribution in [0.4, 0.5) is 0 Å². The fourth-order valence-corrected chi connectivity index (χ4v) is 2.00. The molecule has 0 aromatic heterocycles. The van der Waals surface area contributed by atoms with Crippen LogP contribution in [0.3, 0.4) is 0 Å². The lowest BCUT2D eigenvalue weighted by atomic mass is 9.87. The number of carbonyl (C=O) groups is 1. The molecule has 0 heterocycles. The van der Waals surface area contributed by atoms with Crippen LogP contribution < -0.4 is 5.32 Å². The zero-order valence-corrected chi connectivity index (χ0v) is 10.1. The molecular weight excluding hydrogens is 214 g/mol. The highest BCUT2D eigenvalue weighted by molar-refractivity contribution is 6.17. The number of hydrogen-bond donors (Lipinski definition) is 1. The molecule has 1 saturated carbocycles. The third-order valence-electron chi connectivity index (χ3n) is 2.84. The van der Waals surface area contributed by atoms with Crippen molar-refractivity contribution in [3.8, 4) is 0 Å². The lowest BCUT2D eigenvalue weighted by Crippen LogP contribution is -2.39. The minimum absolute atomic E-state index is 0.0142. The van der Waals surface area contributed by atoms with Gasteiger partial charge in [-0.25, -0.2) is 0 Å². The van der Waals surface area contributed by atoms with E-state index in [9.17, 15) is 4.79 Å². The van der Waals surface area contributed by atoms with Crippen molar-refractivity contribution in [1.82, 2.24) is 5.32 Å². The van der Waals surface area contributed by atoms with Crippen LogP contribution >= 0.6 is 11.6 Å². The molecule has 0 atom stereocenters. The van der Waals surface area contributed by atoms with Crippen molar-refractivity contribution in [2.45, 2.75) is 38.6 Å². The highest BCUT2D eigenvalue weighted by Gasteiger charge is 2.19. The lowest BCUT2D eigenvalue weighted by molar-refractivity contribution is -0.126. The summed E-state index contributed by atoms with van der Waals surface area (Å²) in [7, 11) is 0.